The van der Waals surface area contributed by atoms with Gasteiger partial charge in [-0.25, -0.2) is 0 Å². The van der Waals surface area contributed by atoms with Crippen LogP contribution in [0.25, 0.3) is 0 Å². The topological polar surface area (TPSA) is 70.1 Å². The molecular formula is C26H27N3OS. The number of aryl methyl sites for hydroxylation is 1. The summed E-state index contributed by atoms with van der Waals surface area (Å²) < 4.78 is 0. The normalized spacial score (nSPS) is 20.5. The van der Waals surface area contributed by atoms with Crippen LogP contribution in [0, 0.1) is 23.7 Å². The monoisotopic (exact) mass is 429 g/mol. The van der Waals surface area contributed by atoms with Gasteiger partial charge in [-0.05, 0) is 54.8 Å². The molecule has 0 radical (unpaired) electrons. The smallest absolute Gasteiger partial charge is 0.162 e. The fourth-order valence-electron chi connectivity index (χ4n) is 4.63. The maximum Gasteiger partial charge on any atom is 0.162 e. The largest absolute Gasteiger partial charge is 0.384 e. The molecule has 31 heavy (non-hydrogen) atoms. The Morgan fingerprint density at radius 2 is 1.74 bits per heavy atom. The summed E-state index contributed by atoms with van der Waals surface area (Å²) in [4.78, 5) is 16.6. The van der Waals surface area contributed by atoms with Gasteiger partial charge in [0.25, 0.3) is 0 Å². The highest BCUT2D eigenvalue weighted by atomic mass is 32.2. The predicted molar refractivity (Wildman–Crippen MR) is 126 cm³/mol. The van der Waals surface area contributed by atoms with Crippen LogP contribution >= 0.6 is 11.8 Å². The van der Waals surface area contributed by atoms with E-state index in [2.05, 4.69) is 19.9 Å². The maximum absolute atomic E-state index is 13.5. The maximum atomic E-state index is 13.5. The minimum absolute atomic E-state index is 0.0996. The summed E-state index contributed by atoms with van der Waals surface area (Å²) in [7, 11) is 0. The highest BCUT2D eigenvalue weighted by molar-refractivity contribution is 7.98. The number of anilines is 1. The summed E-state index contributed by atoms with van der Waals surface area (Å²) in [6, 6.07) is 18.5. The summed E-state index contributed by atoms with van der Waals surface area (Å²) in [5, 5.41) is 10.1. The van der Waals surface area contributed by atoms with Crippen molar-refractivity contribution >= 4 is 23.2 Å². The van der Waals surface area contributed by atoms with Gasteiger partial charge >= 0.3 is 0 Å². The van der Waals surface area contributed by atoms with Crippen molar-refractivity contribution in [1.82, 2.24) is 0 Å². The number of nitrogens with two attached hydrogens (primary N) is 1. The first-order valence-corrected chi connectivity index (χ1v) is 11.6. The van der Waals surface area contributed by atoms with Crippen molar-refractivity contribution in [3.05, 3.63) is 82.3 Å². The minimum atomic E-state index is -0.429. The fraction of sp³-hybridized carbons (Fsp3) is 0.308. The lowest BCUT2D eigenvalue weighted by Gasteiger charge is -2.43. The van der Waals surface area contributed by atoms with E-state index in [4.69, 9.17) is 5.73 Å². The van der Waals surface area contributed by atoms with E-state index in [1.54, 1.807) is 11.8 Å². The first kappa shape index (κ1) is 21.3. The average molecular weight is 430 g/mol. The molecule has 0 aromatic heterocycles. The summed E-state index contributed by atoms with van der Waals surface area (Å²) >= 11 is 1.66. The van der Waals surface area contributed by atoms with E-state index in [1.807, 2.05) is 66.6 Å². The molecule has 0 fully saturated rings. The number of allylic oxidation sites excluding steroid dienone is 3. The van der Waals surface area contributed by atoms with Crippen LogP contribution in [0.4, 0.5) is 5.69 Å². The first-order valence-electron chi connectivity index (χ1n) is 10.4. The second-order valence-electron chi connectivity index (χ2n) is 9.09. The lowest BCUT2D eigenvalue weighted by Crippen LogP contribution is -2.42. The third-order valence-electron chi connectivity index (χ3n) is 6.12. The highest BCUT2D eigenvalue weighted by Crippen LogP contribution is 2.50. The SMILES string of the molecule is CSc1ccc(C2C(C#N)=C(N)N(c3ccc(C)cc3)C3=C2C(=O)CC(C)(C)C3)cc1. The van der Waals surface area contributed by atoms with E-state index in [0.29, 0.717) is 23.4 Å². The van der Waals surface area contributed by atoms with E-state index in [9.17, 15) is 10.1 Å². The quantitative estimate of drug-likeness (QED) is 0.638. The molecule has 2 aliphatic rings. The van der Waals surface area contributed by atoms with Crippen LogP contribution in [0.15, 0.2) is 76.1 Å². The van der Waals surface area contributed by atoms with E-state index < -0.39 is 5.92 Å². The van der Waals surface area contributed by atoms with Gasteiger partial charge in [0.15, 0.2) is 5.78 Å². The Balaban J connectivity index is 1.96. The lowest BCUT2D eigenvalue weighted by molar-refractivity contribution is -0.118. The van der Waals surface area contributed by atoms with Crippen LogP contribution in [0.5, 0.6) is 0 Å². The molecule has 4 rings (SSSR count). The first-order chi connectivity index (χ1) is 14.8. The van der Waals surface area contributed by atoms with Gasteiger partial charge in [0.2, 0.25) is 0 Å². The van der Waals surface area contributed by atoms with Crippen molar-refractivity contribution in [3.8, 4) is 6.07 Å². The zero-order chi connectivity index (χ0) is 22.3. The number of benzene rings is 2. The molecule has 0 spiro atoms. The van der Waals surface area contributed by atoms with E-state index >= 15 is 0 Å². The number of thioether (sulfide) groups is 1. The zero-order valence-electron chi connectivity index (χ0n) is 18.4. The molecule has 0 bridgehead atoms. The molecule has 1 heterocycles. The van der Waals surface area contributed by atoms with Crippen molar-refractivity contribution in [2.45, 2.75) is 44.4 Å². The molecule has 2 N–H and O–H groups in total. The van der Waals surface area contributed by atoms with Crippen molar-refractivity contribution in [2.24, 2.45) is 11.1 Å². The van der Waals surface area contributed by atoms with Crippen LogP contribution in [0.1, 0.15) is 43.7 Å². The number of ketones is 1. The Morgan fingerprint density at radius 1 is 1.10 bits per heavy atom. The molecule has 1 atom stereocenters. The van der Waals surface area contributed by atoms with Crippen molar-refractivity contribution in [1.29, 1.82) is 5.26 Å². The van der Waals surface area contributed by atoms with Gasteiger partial charge in [0.1, 0.15) is 5.82 Å². The molecule has 1 unspecified atom stereocenters. The van der Waals surface area contributed by atoms with Gasteiger partial charge in [-0.2, -0.15) is 5.26 Å². The number of hydrogen-bond acceptors (Lipinski definition) is 5. The Labute approximate surface area is 188 Å². The Morgan fingerprint density at radius 3 is 2.32 bits per heavy atom. The number of nitriles is 1. The third-order valence-corrected chi connectivity index (χ3v) is 6.87. The molecule has 4 nitrogen and oxygen atoms in total. The van der Waals surface area contributed by atoms with Gasteiger partial charge in [0, 0.05) is 28.3 Å². The molecule has 1 aliphatic heterocycles. The van der Waals surface area contributed by atoms with Crippen molar-refractivity contribution in [2.75, 3.05) is 11.2 Å². The Hall–Kier alpha value is -2.97. The molecular weight excluding hydrogens is 402 g/mol. The van der Waals surface area contributed by atoms with Gasteiger partial charge in [-0.15, -0.1) is 11.8 Å². The standard InChI is InChI=1S/C26H27N3OS/c1-16-5-9-18(10-6-16)29-21-13-26(2,3)14-22(30)24(21)23(20(15-27)25(29)28)17-7-11-19(31-4)12-8-17/h5-12,23H,13-14,28H2,1-4H3. The predicted octanol–water partition coefficient (Wildman–Crippen LogP) is 5.66. The molecule has 0 saturated heterocycles. The Bertz CT molecular complexity index is 1130. The summed E-state index contributed by atoms with van der Waals surface area (Å²) in [6.45, 7) is 6.26. The molecule has 2 aromatic rings. The average Bonchev–Trinajstić information content (AvgIpc) is 2.73. The zero-order valence-corrected chi connectivity index (χ0v) is 19.2. The van der Waals surface area contributed by atoms with Crippen LogP contribution in [0.3, 0.4) is 0 Å². The number of carbonyl (C=O) groups excluding carboxylic acids is 1. The van der Waals surface area contributed by atoms with Gasteiger partial charge in [0.05, 0.1) is 17.6 Å². The number of carbonyl (C=O) groups is 1. The molecule has 1 aliphatic carbocycles. The molecule has 0 saturated carbocycles. The van der Waals surface area contributed by atoms with Gasteiger partial charge in [-0.3, -0.25) is 9.69 Å². The lowest BCUT2D eigenvalue weighted by atomic mass is 9.68. The van der Waals surface area contributed by atoms with Crippen LogP contribution in [-0.4, -0.2) is 12.0 Å². The molecule has 158 valence electrons. The van der Waals surface area contributed by atoms with E-state index in [0.717, 1.165) is 33.8 Å². The van der Waals surface area contributed by atoms with Crippen LogP contribution in [-0.2, 0) is 4.79 Å². The minimum Gasteiger partial charge on any atom is -0.384 e. The molecule has 0 amide bonds. The summed E-state index contributed by atoms with van der Waals surface area (Å²) in [5.74, 6) is 0.0818. The molecule has 5 heteroatoms. The summed E-state index contributed by atoms with van der Waals surface area (Å²) in [5.41, 5.74) is 11.5. The van der Waals surface area contributed by atoms with E-state index in [1.165, 1.54) is 0 Å². The fourth-order valence-corrected chi connectivity index (χ4v) is 5.04. The van der Waals surface area contributed by atoms with Crippen molar-refractivity contribution < 1.29 is 4.79 Å². The van der Waals surface area contributed by atoms with Crippen molar-refractivity contribution in [3.63, 3.8) is 0 Å². The van der Waals surface area contributed by atoms with Gasteiger partial charge < -0.3 is 5.73 Å². The number of Topliss-reactive ketones (excluding diaryl/α,β-unsaturated/α-hetero) is 1. The number of hydrogen-bond donors (Lipinski definition) is 1. The van der Waals surface area contributed by atoms with Crippen LogP contribution in [0.2, 0.25) is 0 Å². The van der Waals surface area contributed by atoms with Gasteiger partial charge in [-0.1, -0.05) is 43.7 Å². The second kappa shape index (κ2) is 7.94. The summed E-state index contributed by atoms with van der Waals surface area (Å²) in [6.07, 6.45) is 3.22. The molecule has 2 aromatic carbocycles. The van der Waals surface area contributed by atoms with E-state index in [-0.39, 0.29) is 11.2 Å². The third kappa shape index (κ3) is 3.77. The highest BCUT2D eigenvalue weighted by Gasteiger charge is 2.44. The second-order valence-corrected chi connectivity index (χ2v) is 9.97. The Kier molecular flexibility index (Phi) is 5.45. The number of nitrogens with zero attached hydrogens (tertiary/aromatic N) is 2. The van der Waals surface area contributed by atoms with Crippen LogP contribution < -0.4 is 10.6 Å². The number of rotatable bonds is 3.